The molecule has 0 saturated heterocycles. The van der Waals surface area contributed by atoms with Crippen LogP contribution in [0.3, 0.4) is 0 Å². The number of nitrogens with zero attached hydrogens (tertiary/aromatic N) is 1. The van der Waals surface area contributed by atoms with Crippen LogP contribution >= 0.6 is 11.6 Å². The molecule has 0 atom stereocenters. The Morgan fingerprint density at radius 2 is 1.71 bits per heavy atom. The minimum Gasteiger partial charge on any atom is -0.493 e. The number of carbonyl (C=O) groups excluding carboxylic acids is 1. The van der Waals surface area contributed by atoms with Crippen molar-refractivity contribution in [3.63, 3.8) is 0 Å². The van der Waals surface area contributed by atoms with Crippen molar-refractivity contribution in [3.8, 4) is 22.6 Å². The van der Waals surface area contributed by atoms with Gasteiger partial charge in [-0.3, -0.25) is 9.59 Å². The number of hydrogen-bond donors (Lipinski definition) is 0. The summed E-state index contributed by atoms with van der Waals surface area (Å²) in [5.74, 6) is 0.251. The van der Waals surface area contributed by atoms with E-state index in [1.165, 1.54) is 13.4 Å². The highest BCUT2D eigenvalue weighted by Gasteiger charge is 2.20. The quantitative estimate of drug-likeness (QED) is 0.191. The normalized spacial score (nSPS) is 11.4. The highest BCUT2D eigenvalue weighted by Crippen LogP contribution is 2.34. The third-order valence-electron chi connectivity index (χ3n) is 5.07. The molecule has 0 aliphatic heterocycles. The van der Waals surface area contributed by atoms with Crippen molar-refractivity contribution in [3.05, 3.63) is 106 Å². The lowest BCUT2D eigenvalue weighted by Crippen LogP contribution is -2.15. The Bertz CT molecular complexity index is 1420. The molecule has 0 amide bonds. The van der Waals surface area contributed by atoms with Crippen LogP contribution in [0.1, 0.15) is 10.4 Å². The van der Waals surface area contributed by atoms with E-state index in [9.17, 15) is 9.59 Å². The Balaban J connectivity index is 1.77. The van der Waals surface area contributed by atoms with E-state index in [0.29, 0.717) is 32.9 Å². The van der Waals surface area contributed by atoms with Gasteiger partial charge in [0.15, 0.2) is 17.3 Å². The number of carbonyl (C=O) groups is 1. The van der Waals surface area contributed by atoms with Crippen LogP contribution in [0, 0.1) is 0 Å². The lowest BCUT2D eigenvalue weighted by atomic mass is 10.1. The first-order chi connectivity index (χ1) is 16.4. The molecular weight excluding hydrogens is 454 g/mol. The fourth-order valence-corrected chi connectivity index (χ4v) is 3.55. The molecule has 7 heteroatoms. The van der Waals surface area contributed by atoms with Gasteiger partial charge in [0.1, 0.15) is 11.8 Å². The average molecular weight is 476 g/mol. The zero-order chi connectivity index (χ0) is 24.2. The van der Waals surface area contributed by atoms with E-state index in [4.69, 9.17) is 25.5 Å². The van der Waals surface area contributed by atoms with Crippen LogP contribution in [0.5, 0.6) is 11.5 Å². The van der Waals surface area contributed by atoms with Gasteiger partial charge in [-0.2, -0.15) is 0 Å². The van der Waals surface area contributed by atoms with E-state index in [-0.39, 0.29) is 22.7 Å². The number of ketones is 1. The Hall–Kier alpha value is -4.03. The van der Waals surface area contributed by atoms with Crippen molar-refractivity contribution >= 4 is 28.4 Å². The number of fused-ring (bicyclic) bond motifs is 1. The summed E-state index contributed by atoms with van der Waals surface area (Å²) in [5.41, 5.74) is 1.72. The summed E-state index contributed by atoms with van der Waals surface area (Å²) in [7, 11) is 5.02. The first-order valence-corrected chi connectivity index (χ1v) is 10.8. The Labute approximate surface area is 201 Å². The van der Waals surface area contributed by atoms with Crippen molar-refractivity contribution in [2.24, 2.45) is 0 Å². The van der Waals surface area contributed by atoms with E-state index in [0.717, 1.165) is 5.56 Å². The van der Waals surface area contributed by atoms with Gasteiger partial charge >= 0.3 is 0 Å². The third kappa shape index (κ3) is 4.82. The minimum atomic E-state index is -0.339. The first kappa shape index (κ1) is 23.1. The smallest absolute Gasteiger partial charge is 0.229 e. The Kier molecular flexibility index (Phi) is 6.70. The summed E-state index contributed by atoms with van der Waals surface area (Å²) in [6.45, 7) is 0. The molecule has 6 nitrogen and oxygen atoms in total. The van der Waals surface area contributed by atoms with E-state index in [2.05, 4.69) is 0 Å². The van der Waals surface area contributed by atoms with Gasteiger partial charge in [0.05, 0.1) is 18.1 Å². The summed E-state index contributed by atoms with van der Waals surface area (Å²) < 4.78 is 17.3. The zero-order valence-corrected chi connectivity index (χ0v) is 19.6. The topological polar surface area (TPSA) is 69.0 Å². The molecule has 0 spiro atoms. The number of Topliss-reactive ketones (excluding diaryl/α,β-unsaturated/α-hetero) is 1. The predicted octanol–water partition coefficient (Wildman–Crippen LogP) is 5.79. The number of benzene rings is 3. The van der Waals surface area contributed by atoms with Crippen LogP contribution < -0.4 is 14.9 Å². The SMILES string of the molecule is COc1cc2c(=O)c(-c3ccccc3)coc2cc1O/C(=C\N(C)C)C(=O)c1ccc(Cl)cc1. The maximum absolute atomic E-state index is 13.2. The lowest BCUT2D eigenvalue weighted by Gasteiger charge is -2.15. The van der Waals surface area contributed by atoms with Gasteiger partial charge in [0.25, 0.3) is 0 Å². The minimum absolute atomic E-state index is 0.0632. The molecule has 0 unspecified atom stereocenters. The number of rotatable bonds is 7. The lowest BCUT2D eigenvalue weighted by molar-refractivity contribution is 0.0981. The van der Waals surface area contributed by atoms with Crippen LogP contribution in [0.25, 0.3) is 22.1 Å². The summed E-state index contributed by atoms with van der Waals surface area (Å²) in [4.78, 5) is 28.0. The Morgan fingerprint density at radius 3 is 2.35 bits per heavy atom. The maximum atomic E-state index is 13.2. The van der Waals surface area contributed by atoms with Crippen LogP contribution in [0.4, 0.5) is 0 Å². The Morgan fingerprint density at radius 1 is 1.00 bits per heavy atom. The molecule has 3 aromatic carbocycles. The standard InChI is InChI=1S/C27H22ClNO5/c1-29(2)15-25(26(30)18-9-11-19(28)12-10-18)34-24-14-22-20(13-23(24)32-3)27(31)21(16-33-22)17-7-5-4-6-8-17/h4-16H,1-3H3/b25-15-. The number of halogens is 1. The number of hydrogen-bond acceptors (Lipinski definition) is 6. The van der Waals surface area contributed by atoms with E-state index >= 15 is 0 Å². The van der Waals surface area contributed by atoms with Crippen LogP contribution in [0.2, 0.25) is 5.02 Å². The molecule has 1 aromatic heterocycles. The molecule has 0 aliphatic rings. The summed E-state index contributed by atoms with van der Waals surface area (Å²) in [6.07, 6.45) is 2.99. The number of ether oxygens (including phenoxy) is 2. The van der Waals surface area contributed by atoms with E-state index < -0.39 is 0 Å². The molecule has 0 radical (unpaired) electrons. The van der Waals surface area contributed by atoms with Gasteiger partial charge in [-0.15, -0.1) is 0 Å². The second kappa shape index (κ2) is 9.85. The van der Waals surface area contributed by atoms with Gasteiger partial charge < -0.3 is 18.8 Å². The fourth-order valence-electron chi connectivity index (χ4n) is 3.42. The van der Waals surface area contributed by atoms with Crippen LogP contribution in [-0.4, -0.2) is 31.9 Å². The summed E-state index contributed by atoms with van der Waals surface area (Å²) in [5, 5.41) is 0.865. The molecule has 1 heterocycles. The molecule has 4 rings (SSSR count). The maximum Gasteiger partial charge on any atom is 0.229 e. The van der Waals surface area contributed by atoms with Gasteiger partial charge in [-0.25, -0.2) is 0 Å². The van der Waals surface area contributed by atoms with Crippen molar-refractivity contribution < 1.29 is 18.7 Å². The highest BCUT2D eigenvalue weighted by atomic mass is 35.5. The van der Waals surface area contributed by atoms with Crippen molar-refractivity contribution in [1.29, 1.82) is 0 Å². The third-order valence-corrected chi connectivity index (χ3v) is 5.32. The molecule has 172 valence electrons. The molecule has 0 bridgehead atoms. The predicted molar refractivity (Wildman–Crippen MR) is 133 cm³/mol. The fraction of sp³-hybridized carbons (Fsp3) is 0.111. The van der Waals surface area contributed by atoms with E-state index in [1.807, 2.05) is 30.3 Å². The first-order valence-electron chi connectivity index (χ1n) is 10.4. The zero-order valence-electron chi connectivity index (χ0n) is 18.9. The molecule has 34 heavy (non-hydrogen) atoms. The second-order valence-electron chi connectivity index (χ2n) is 7.74. The molecule has 0 saturated carbocycles. The van der Waals surface area contributed by atoms with Gasteiger partial charge in [-0.1, -0.05) is 41.9 Å². The molecule has 0 aliphatic carbocycles. The number of methoxy groups -OCH3 is 1. The van der Waals surface area contributed by atoms with Gasteiger partial charge in [0.2, 0.25) is 11.2 Å². The van der Waals surface area contributed by atoms with Crippen molar-refractivity contribution in [1.82, 2.24) is 4.90 Å². The monoisotopic (exact) mass is 475 g/mol. The largest absolute Gasteiger partial charge is 0.493 e. The summed E-state index contributed by atoms with van der Waals surface area (Å²) >= 11 is 5.95. The van der Waals surface area contributed by atoms with Crippen LogP contribution in [0.15, 0.2) is 94.2 Å². The van der Waals surface area contributed by atoms with Crippen molar-refractivity contribution in [2.75, 3.05) is 21.2 Å². The van der Waals surface area contributed by atoms with Crippen molar-refractivity contribution in [2.45, 2.75) is 0 Å². The molecule has 0 fully saturated rings. The molecular formula is C27H22ClNO5. The second-order valence-corrected chi connectivity index (χ2v) is 8.18. The number of allylic oxidation sites excluding steroid dienone is 1. The molecule has 4 aromatic rings. The van der Waals surface area contributed by atoms with Crippen LogP contribution in [-0.2, 0) is 0 Å². The van der Waals surface area contributed by atoms with E-state index in [1.54, 1.807) is 61.6 Å². The molecule has 0 N–H and O–H groups in total. The highest BCUT2D eigenvalue weighted by molar-refractivity contribution is 6.30. The van der Waals surface area contributed by atoms with Gasteiger partial charge in [-0.05, 0) is 35.9 Å². The average Bonchev–Trinajstić information content (AvgIpc) is 2.84. The summed E-state index contributed by atoms with van der Waals surface area (Å²) in [6, 6.07) is 18.9. The van der Waals surface area contributed by atoms with Gasteiger partial charge in [0, 0.05) is 36.9 Å².